The predicted molar refractivity (Wildman–Crippen MR) is 82.6 cm³/mol. The minimum Gasteiger partial charge on any atom is -0.397 e. The predicted octanol–water partition coefficient (Wildman–Crippen LogP) is 2.85. The molecule has 0 atom stereocenters. The molecule has 19 heavy (non-hydrogen) atoms. The van der Waals surface area contributed by atoms with Crippen molar-refractivity contribution in [2.24, 2.45) is 0 Å². The molecule has 0 bridgehead atoms. The Bertz CT molecular complexity index is 302. The Morgan fingerprint density at radius 3 is 2.32 bits per heavy atom. The summed E-state index contributed by atoms with van der Waals surface area (Å²) in [7, 11) is -1.37. The Balaban J connectivity index is 2.01. The van der Waals surface area contributed by atoms with Crippen LogP contribution in [0.15, 0.2) is 30.3 Å². The zero-order chi connectivity index (χ0) is 13.8. The fraction of sp³-hybridized carbons (Fsp3) is 0.600. The SMILES string of the molecule is CCO[SiH](CCCCNCc1ccccc1)OCC. The van der Waals surface area contributed by atoms with Gasteiger partial charge in [0.25, 0.3) is 0 Å². The molecule has 0 amide bonds. The van der Waals surface area contributed by atoms with Crippen molar-refractivity contribution < 1.29 is 8.85 Å². The zero-order valence-corrected chi connectivity index (χ0v) is 13.4. The molecule has 1 aromatic rings. The van der Waals surface area contributed by atoms with Crippen molar-refractivity contribution in [3.8, 4) is 0 Å². The van der Waals surface area contributed by atoms with Crippen molar-refractivity contribution >= 4 is 9.28 Å². The van der Waals surface area contributed by atoms with E-state index in [1.165, 1.54) is 18.4 Å². The Labute approximate surface area is 119 Å². The minimum atomic E-state index is -1.37. The summed E-state index contributed by atoms with van der Waals surface area (Å²) < 4.78 is 11.3. The Hall–Kier alpha value is -0.683. The van der Waals surface area contributed by atoms with Crippen LogP contribution in [-0.2, 0) is 15.4 Å². The summed E-state index contributed by atoms with van der Waals surface area (Å²) in [6, 6.07) is 11.6. The van der Waals surface area contributed by atoms with Gasteiger partial charge in [0.05, 0.1) is 0 Å². The van der Waals surface area contributed by atoms with Crippen molar-refractivity contribution in [3.63, 3.8) is 0 Å². The van der Waals surface area contributed by atoms with Crippen LogP contribution in [0.2, 0.25) is 6.04 Å². The third kappa shape index (κ3) is 8.16. The second-order valence-corrected chi connectivity index (χ2v) is 6.60. The Kier molecular flexibility index (Phi) is 9.62. The molecule has 0 saturated heterocycles. The van der Waals surface area contributed by atoms with Crippen molar-refractivity contribution in [1.82, 2.24) is 5.32 Å². The number of nitrogens with one attached hydrogen (secondary N) is 1. The first-order valence-electron chi connectivity index (χ1n) is 7.34. The fourth-order valence-electron chi connectivity index (χ4n) is 1.98. The summed E-state index contributed by atoms with van der Waals surface area (Å²) in [5.74, 6) is 0. The van der Waals surface area contributed by atoms with E-state index >= 15 is 0 Å². The van der Waals surface area contributed by atoms with Gasteiger partial charge in [-0.25, -0.2) is 0 Å². The van der Waals surface area contributed by atoms with E-state index in [2.05, 4.69) is 35.6 Å². The maximum atomic E-state index is 5.65. The van der Waals surface area contributed by atoms with Crippen LogP contribution in [0, 0.1) is 0 Å². The molecular formula is C15H27NO2Si. The molecule has 0 aliphatic carbocycles. The molecule has 1 rings (SSSR count). The van der Waals surface area contributed by atoms with Crippen LogP contribution in [0.4, 0.5) is 0 Å². The summed E-state index contributed by atoms with van der Waals surface area (Å²) in [6.07, 6.45) is 2.38. The summed E-state index contributed by atoms with van der Waals surface area (Å²) in [4.78, 5) is 0. The van der Waals surface area contributed by atoms with Gasteiger partial charge < -0.3 is 14.2 Å². The highest BCUT2D eigenvalue weighted by Gasteiger charge is 2.10. The molecule has 1 N–H and O–H groups in total. The molecule has 0 fully saturated rings. The highest BCUT2D eigenvalue weighted by Crippen LogP contribution is 2.04. The van der Waals surface area contributed by atoms with Gasteiger partial charge in [-0.15, -0.1) is 0 Å². The first kappa shape index (κ1) is 16.4. The number of unbranched alkanes of at least 4 members (excludes halogenated alkanes) is 1. The van der Waals surface area contributed by atoms with Gasteiger partial charge in [-0.1, -0.05) is 36.8 Å². The molecule has 4 heteroatoms. The van der Waals surface area contributed by atoms with Gasteiger partial charge in [0.15, 0.2) is 0 Å². The molecule has 0 aliphatic heterocycles. The van der Waals surface area contributed by atoms with Crippen LogP contribution < -0.4 is 5.32 Å². The smallest absolute Gasteiger partial charge is 0.321 e. The van der Waals surface area contributed by atoms with Crippen LogP contribution in [-0.4, -0.2) is 29.0 Å². The van der Waals surface area contributed by atoms with Crippen molar-refractivity contribution in [2.75, 3.05) is 19.8 Å². The summed E-state index contributed by atoms with van der Waals surface area (Å²) >= 11 is 0. The lowest BCUT2D eigenvalue weighted by atomic mass is 10.2. The van der Waals surface area contributed by atoms with Crippen LogP contribution >= 0.6 is 0 Å². The van der Waals surface area contributed by atoms with Gasteiger partial charge in [0, 0.05) is 19.8 Å². The van der Waals surface area contributed by atoms with Crippen LogP contribution in [0.5, 0.6) is 0 Å². The van der Waals surface area contributed by atoms with E-state index in [4.69, 9.17) is 8.85 Å². The van der Waals surface area contributed by atoms with Crippen molar-refractivity contribution in [2.45, 2.75) is 39.3 Å². The Morgan fingerprint density at radius 2 is 1.68 bits per heavy atom. The van der Waals surface area contributed by atoms with E-state index in [9.17, 15) is 0 Å². The normalized spacial score (nSPS) is 11.1. The molecule has 0 saturated carbocycles. The van der Waals surface area contributed by atoms with Gasteiger partial charge in [0.1, 0.15) is 0 Å². The average molecular weight is 281 g/mol. The second kappa shape index (κ2) is 11.2. The highest BCUT2D eigenvalue weighted by molar-refractivity contribution is 6.44. The van der Waals surface area contributed by atoms with Gasteiger partial charge in [0.2, 0.25) is 0 Å². The minimum absolute atomic E-state index is 0.781. The summed E-state index contributed by atoms with van der Waals surface area (Å²) in [5, 5.41) is 3.47. The van der Waals surface area contributed by atoms with E-state index in [0.717, 1.165) is 32.3 Å². The van der Waals surface area contributed by atoms with E-state index in [0.29, 0.717) is 0 Å². The summed E-state index contributed by atoms with van der Waals surface area (Å²) in [6.45, 7) is 7.67. The van der Waals surface area contributed by atoms with E-state index < -0.39 is 9.28 Å². The van der Waals surface area contributed by atoms with Gasteiger partial charge in [-0.05, 0) is 38.4 Å². The number of rotatable bonds is 11. The maximum Gasteiger partial charge on any atom is 0.321 e. The molecule has 0 aliphatic rings. The van der Waals surface area contributed by atoms with Crippen LogP contribution in [0.3, 0.4) is 0 Å². The van der Waals surface area contributed by atoms with Gasteiger partial charge in [-0.3, -0.25) is 0 Å². The van der Waals surface area contributed by atoms with Crippen LogP contribution in [0.25, 0.3) is 0 Å². The van der Waals surface area contributed by atoms with Gasteiger partial charge >= 0.3 is 9.28 Å². The Morgan fingerprint density at radius 1 is 1.00 bits per heavy atom. The lowest BCUT2D eigenvalue weighted by molar-refractivity contribution is 0.212. The molecule has 0 heterocycles. The molecule has 0 radical (unpaired) electrons. The first-order chi connectivity index (χ1) is 9.36. The fourth-order valence-corrected chi connectivity index (χ4v) is 3.77. The van der Waals surface area contributed by atoms with E-state index in [-0.39, 0.29) is 0 Å². The first-order valence-corrected chi connectivity index (χ1v) is 9.10. The number of benzene rings is 1. The molecule has 3 nitrogen and oxygen atoms in total. The third-order valence-electron chi connectivity index (χ3n) is 2.92. The lowest BCUT2D eigenvalue weighted by Crippen LogP contribution is -2.23. The van der Waals surface area contributed by atoms with E-state index in [1.807, 2.05) is 13.8 Å². The highest BCUT2D eigenvalue weighted by atomic mass is 28.3. The lowest BCUT2D eigenvalue weighted by Gasteiger charge is -2.14. The molecule has 0 unspecified atom stereocenters. The number of hydrogen-bond acceptors (Lipinski definition) is 3. The average Bonchev–Trinajstić information content (AvgIpc) is 2.44. The topological polar surface area (TPSA) is 30.5 Å². The molecule has 1 aromatic carbocycles. The summed E-state index contributed by atoms with van der Waals surface area (Å²) in [5.41, 5.74) is 1.35. The van der Waals surface area contributed by atoms with E-state index in [1.54, 1.807) is 0 Å². The zero-order valence-electron chi connectivity index (χ0n) is 12.2. The largest absolute Gasteiger partial charge is 0.397 e. The van der Waals surface area contributed by atoms with Crippen molar-refractivity contribution in [1.29, 1.82) is 0 Å². The molecule has 0 spiro atoms. The molecule has 108 valence electrons. The monoisotopic (exact) mass is 281 g/mol. The quantitative estimate of drug-likeness (QED) is 0.500. The second-order valence-electron chi connectivity index (χ2n) is 4.50. The third-order valence-corrected chi connectivity index (χ3v) is 5.21. The van der Waals surface area contributed by atoms with Gasteiger partial charge in [-0.2, -0.15) is 0 Å². The molecule has 0 aromatic heterocycles. The number of hydrogen-bond donors (Lipinski definition) is 1. The van der Waals surface area contributed by atoms with Crippen LogP contribution in [0.1, 0.15) is 32.3 Å². The maximum absolute atomic E-state index is 5.65. The molecular weight excluding hydrogens is 254 g/mol. The standard InChI is InChI=1S/C15H27NO2Si/c1-3-17-19(18-4-2)13-9-8-12-16-14-15-10-6-5-7-11-15/h5-7,10-11,16,19H,3-4,8-9,12-14H2,1-2H3. The van der Waals surface area contributed by atoms with Crippen molar-refractivity contribution in [3.05, 3.63) is 35.9 Å².